The van der Waals surface area contributed by atoms with Crippen LogP contribution in [-0.4, -0.2) is 37.3 Å². The van der Waals surface area contributed by atoms with Gasteiger partial charge in [-0.3, -0.25) is 4.79 Å². The van der Waals surface area contributed by atoms with Gasteiger partial charge in [0.05, 0.1) is 26.0 Å². The van der Waals surface area contributed by atoms with Gasteiger partial charge in [-0.25, -0.2) is 0 Å². The molecule has 1 aromatic carbocycles. The zero-order chi connectivity index (χ0) is 19.6. The van der Waals surface area contributed by atoms with Gasteiger partial charge in [0.2, 0.25) is 11.9 Å². The Kier molecular flexibility index (Phi) is 5.98. The maximum atomic E-state index is 13.5. The van der Waals surface area contributed by atoms with Crippen molar-refractivity contribution < 1.29 is 27.8 Å². The fourth-order valence-electron chi connectivity index (χ4n) is 2.48. The van der Waals surface area contributed by atoms with Crippen molar-refractivity contribution in [3.8, 4) is 11.5 Å². The molecule has 0 spiro atoms. The SMILES string of the molecule is COc1ccc(C(=O)Nc2c(Cl)c(F)nc(F)c2Cl)cc1OC1CCOC1. The van der Waals surface area contributed by atoms with Crippen LogP contribution in [0.4, 0.5) is 14.5 Å². The molecule has 1 aliphatic heterocycles. The third kappa shape index (κ3) is 4.23. The second-order valence-electron chi connectivity index (χ2n) is 5.62. The molecule has 1 aromatic heterocycles. The van der Waals surface area contributed by atoms with Crippen LogP contribution in [0, 0.1) is 11.9 Å². The van der Waals surface area contributed by atoms with Crippen LogP contribution in [0.2, 0.25) is 10.0 Å². The molecule has 1 N–H and O–H groups in total. The largest absolute Gasteiger partial charge is 0.493 e. The van der Waals surface area contributed by atoms with Crippen LogP contribution >= 0.6 is 23.2 Å². The smallest absolute Gasteiger partial charge is 0.255 e. The van der Waals surface area contributed by atoms with Gasteiger partial charge in [-0.1, -0.05) is 23.2 Å². The average Bonchev–Trinajstić information content (AvgIpc) is 3.16. The summed E-state index contributed by atoms with van der Waals surface area (Å²) < 4.78 is 43.3. The Morgan fingerprint density at radius 2 is 1.96 bits per heavy atom. The van der Waals surface area contributed by atoms with Crippen molar-refractivity contribution >= 4 is 34.8 Å². The molecule has 1 amide bonds. The van der Waals surface area contributed by atoms with Crippen molar-refractivity contribution in [3.63, 3.8) is 0 Å². The number of aromatic nitrogens is 1. The Morgan fingerprint density at radius 1 is 1.26 bits per heavy atom. The number of hydrogen-bond acceptors (Lipinski definition) is 5. The van der Waals surface area contributed by atoms with Gasteiger partial charge in [-0.15, -0.1) is 0 Å². The Morgan fingerprint density at radius 3 is 2.56 bits per heavy atom. The van der Waals surface area contributed by atoms with E-state index in [-0.39, 0.29) is 11.7 Å². The summed E-state index contributed by atoms with van der Waals surface area (Å²) in [7, 11) is 1.47. The minimum atomic E-state index is -1.28. The monoisotopic (exact) mass is 418 g/mol. The molecule has 1 aliphatic rings. The summed E-state index contributed by atoms with van der Waals surface area (Å²) in [5.41, 5.74) is -0.259. The van der Waals surface area contributed by atoms with Gasteiger partial charge >= 0.3 is 0 Å². The van der Waals surface area contributed by atoms with Gasteiger partial charge in [-0.2, -0.15) is 13.8 Å². The van der Waals surface area contributed by atoms with Crippen LogP contribution in [0.25, 0.3) is 0 Å². The Labute approximate surface area is 163 Å². The first kappa shape index (κ1) is 19.6. The van der Waals surface area contributed by atoms with Crippen LogP contribution in [0.15, 0.2) is 18.2 Å². The zero-order valence-electron chi connectivity index (χ0n) is 14.0. The first-order valence-corrected chi connectivity index (χ1v) is 8.60. The van der Waals surface area contributed by atoms with Crippen LogP contribution in [-0.2, 0) is 4.74 Å². The third-order valence-corrected chi connectivity index (χ3v) is 4.53. The summed E-state index contributed by atoms with van der Waals surface area (Å²) in [5, 5.41) is 1.10. The number of rotatable bonds is 5. The minimum Gasteiger partial charge on any atom is -0.493 e. The number of anilines is 1. The van der Waals surface area contributed by atoms with E-state index < -0.39 is 33.5 Å². The zero-order valence-corrected chi connectivity index (χ0v) is 15.5. The summed E-state index contributed by atoms with van der Waals surface area (Å²) >= 11 is 11.5. The quantitative estimate of drug-likeness (QED) is 0.740. The van der Waals surface area contributed by atoms with E-state index in [0.717, 1.165) is 0 Å². The van der Waals surface area contributed by atoms with Gasteiger partial charge < -0.3 is 19.5 Å². The second kappa shape index (κ2) is 8.24. The Hall–Kier alpha value is -2.16. The van der Waals surface area contributed by atoms with Crippen LogP contribution in [0.1, 0.15) is 16.8 Å². The molecule has 1 atom stereocenters. The predicted molar refractivity (Wildman–Crippen MR) is 95.0 cm³/mol. The summed E-state index contributed by atoms with van der Waals surface area (Å²) in [6.07, 6.45) is 0.546. The molecule has 2 aromatic rings. The Balaban J connectivity index is 1.87. The van der Waals surface area contributed by atoms with E-state index in [1.54, 1.807) is 0 Å². The summed E-state index contributed by atoms with van der Waals surface area (Å²) in [5.74, 6) is -2.50. The molecule has 0 bridgehead atoms. The van der Waals surface area contributed by atoms with Gasteiger partial charge in [0.1, 0.15) is 16.1 Å². The molecule has 6 nitrogen and oxygen atoms in total. The van der Waals surface area contributed by atoms with Crippen molar-refractivity contribution in [2.75, 3.05) is 25.6 Å². The van der Waals surface area contributed by atoms with E-state index in [9.17, 15) is 13.6 Å². The molecule has 0 aliphatic carbocycles. The van der Waals surface area contributed by atoms with E-state index in [0.29, 0.717) is 31.1 Å². The lowest BCUT2D eigenvalue weighted by Gasteiger charge is -2.16. The van der Waals surface area contributed by atoms with Crippen LogP contribution < -0.4 is 14.8 Å². The number of methoxy groups -OCH3 is 1. The van der Waals surface area contributed by atoms with Crippen molar-refractivity contribution in [1.82, 2.24) is 4.98 Å². The van der Waals surface area contributed by atoms with E-state index in [4.69, 9.17) is 37.4 Å². The molecule has 144 valence electrons. The number of amides is 1. The Bertz CT molecular complexity index is 850. The average molecular weight is 419 g/mol. The van der Waals surface area contributed by atoms with E-state index in [2.05, 4.69) is 10.3 Å². The van der Waals surface area contributed by atoms with E-state index in [1.165, 1.54) is 25.3 Å². The predicted octanol–water partition coefficient (Wildman–Crippen LogP) is 4.10. The van der Waals surface area contributed by atoms with Crippen LogP contribution in [0.3, 0.4) is 0 Å². The van der Waals surface area contributed by atoms with Crippen molar-refractivity contribution in [1.29, 1.82) is 0 Å². The number of nitrogens with zero attached hydrogens (tertiary/aromatic N) is 1. The fraction of sp³-hybridized carbons (Fsp3) is 0.294. The number of pyridine rings is 1. The maximum absolute atomic E-state index is 13.5. The highest BCUT2D eigenvalue weighted by Gasteiger charge is 2.22. The van der Waals surface area contributed by atoms with Gasteiger partial charge in [-0.05, 0) is 18.2 Å². The molecule has 1 saturated heterocycles. The molecular weight excluding hydrogens is 405 g/mol. The molecule has 3 rings (SSSR count). The third-order valence-electron chi connectivity index (χ3n) is 3.84. The topological polar surface area (TPSA) is 69.7 Å². The molecular formula is C17H14Cl2F2N2O4. The number of ether oxygens (including phenoxy) is 3. The van der Waals surface area contributed by atoms with Gasteiger partial charge in [0.25, 0.3) is 5.91 Å². The lowest BCUT2D eigenvalue weighted by atomic mass is 10.1. The first-order valence-electron chi connectivity index (χ1n) is 7.84. The number of carbonyl (C=O) groups is 1. The number of carbonyl (C=O) groups excluding carboxylic acids is 1. The summed E-state index contributed by atoms with van der Waals surface area (Å²) in [6.45, 7) is 1.02. The first-order chi connectivity index (χ1) is 12.9. The number of hydrogen-bond donors (Lipinski definition) is 1. The van der Waals surface area contributed by atoms with Crippen molar-refractivity contribution in [2.45, 2.75) is 12.5 Å². The van der Waals surface area contributed by atoms with Gasteiger partial charge in [0.15, 0.2) is 11.5 Å². The lowest BCUT2D eigenvalue weighted by molar-refractivity contribution is 0.102. The van der Waals surface area contributed by atoms with E-state index in [1.807, 2.05) is 0 Å². The minimum absolute atomic E-state index is 0.148. The highest BCUT2D eigenvalue weighted by atomic mass is 35.5. The molecule has 27 heavy (non-hydrogen) atoms. The number of halogens is 4. The molecule has 2 heterocycles. The fourth-order valence-corrected chi connectivity index (χ4v) is 2.89. The van der Waals surface area contributed by atoms with E-state index >= 15 is 0 Å². The number of nitrogens with one attached hydrogen (secondary N) is 1. The standard InChI is InChI=1S/C17H14Cl2F2N2O4/c1-25-10-3-2-8(6-11(10)27-9-4-5-26-7-9)17(24)22-14-12(18)15(20)23-16(21)13(14)19/h2-3,6,9H,4-5,7H2,1H3,(H,22,23,24). The molecule has 1 fully saturated rings. The van der Waals surface area contributed by atoms with Crippen LogP contribution in [0.5, 0.6) is 11.5 Å². The highest BCUT2D eigenvalue weighted by Crippen LogP contribution is 2.34. The van der Waals surface area contributed by atoms with Crippen molar-refractivity contribution in [2.24, 2.45) is 0 Å². The normalized spacial score (nSPS) is 16.3. The van der Waals surface area contributed by atoms with Gasteiger partial charge in [0, 0.05) is 12.0 Å². The summed E-state index contributed by atoms with van der Waals surface area (Å²) in [6, 6.07) is 4.45. The summed E-state index contributed by atoms with van der Waals surface area (Å²) in [4.78, 5) is 15.4. The molecule has 0 saturated carbocycles. The van der Waals surface area contributed by atoms with Crippen molar-refractivity contribution in [3.05, 3.63) is 45.7 Å². The second-order valence-corrected chi connectivity index (χ2v) is 6.38. The lowest BCUT2D eigenvalue weighted by Crippen LogP contribution is -2.18. The highest BCUT2D eigenvalue weighted by molar-refractivity contribution is 6.39. The number of benzene rings is 1. The molecule has 10 heteroatoms. The maximum Gasteiger partial charge on any atom is 0.255 e. The molecule has 0 radical (unpaired) electrons. The molecule has 1 unspecified atom stereocenters.